The first-order valence-electron chi connectivity index (χ1n) is 5.05. The number of halogens is 1. The molecular weight excluding hydrogens is 258 g/mol. The Morgan fingerprint density at radius 1 is 1.53 bits per heavy atom. The van der Waals surface area contributed by atoms with Crippen LogP contribution in [0.25, 0.3) is 0 Å². The molecule has 0 bridgehead atoms. The Hall–Kier alpha value is -0.580. The maximum Gasteiger partial charge on any atom is 0.129 e. The van der Waals surface area contributed by atoms with Gasteiger partial charge in [-0.15, -0.1) is 0 Å². The fraction of sp³-hybridized carbons (Fsp3) is 0.455. The number of phenols is 1. The average molecular weight is 272 g/mol. The van der Waals surface area contributed by atoms with Gasteiger partial charge in [0.15, 0.2) is 0 Å². The molecule has 1 saturated heterocycles. The first kappa shape index (κ1) is 10.9. The molecule has 0 amide bonds. The highest BCUT2D eigenvalue weighted by Crippen LogP contribution is 2.25. The largest absolute Gasteiger partial charge is 0.507 e. The van der Waals surface area contributed by atoms with Crippen LogP contribution in [0.5, 0.6) is 5.75 Å². The van der Waals surface area contributed by atoms with Crippen LogP contribution in [0, 0.1) is 0 Å². The normalized spacial score (nSPS) is 21.5. The number of phenolic OH excluding ortho intramolecular Hbond substituents is 1. The lowest BCUT2D eigenvalue weighted by Crippen LogP contribution is -2.39. The van der Waals surface area contributed by atoms with E-state index >= 15 is 0 Å². The van der Waals surface area contributed by atoms with Gasteiger partial charge in [-0.1, -0.05) is 6.07 Å². The number of benzene rings is 1. The Kier molecular flexibility index (Phi) is 3.61. The van der Waals surface area contributed by atoms with Crippen molar-refractivity contribution < 1.29 is 9.84 Å². The third-order valence-electron chi connectivity index (χ3n) is 2.48. The molecule has 4 heteroatoms. The van der Waals surface area contributed by atoms with Gasteiger partial charge in [0.2, 0.25) is 0 Å². The van der Waals surface area contributed by atoms with E-state index in [9.17, 15) is 5.11 Å². The lowest BCUT2D eigenvalue weighted by molar-refractivity contribution is 0.0292. The maximum atomic E-state index is 9.36. The quantitative estimate of drug-likeness (QED) is 0.860. The highest BCUT2D eigenvalue weighted by molar-refractivity contribution is 9.10. The second-order valence-corrected chi connectivity index (χ2v) is 4.54. The molecule has 1 aliphatic heterocycles. The molecule has 0 spiro atoms. The third kappa shape index (κ3) is 2.93. The molecule has 82 valence electrons. The number of ether oxygens (including phenoxy) is 1. The molecule has 1 aliphatic rings. The summed E-state index contributed by atoms with van der Waals surface area (Å²) in [6.45, 7) is 2.62. The van der Waals surface area contributed by atoms with Crippen LogP contribution < -0.4 is 5.32 Å². The summed E-state index contributed by atoms with van der Waals surface area (Å²) in [6.07, 6.45) is 1.13. The number of hydrogen-bond acceptors (Lipinski definition) is 3. The van der Waals surface area contributed by atoms with Crippen LogP contribution in [0.15, 0.2) is 22.7 Å². The van der Waals surface area contributed by atoms with Gasteiger partial charge in [-0.05, 0) is 40.0 Å². The Morgan fingerprint density at radius 2 is 2.40 bits per heavy atom. The van der Waals surface area contributed by atoms with Crippen molar-refractivity contribution in [3.63, 3.8) is 0 Å². The molecule has 1 heterocycles. The summed E-state index contributed by atoms with van der Waals surface area (Å²) in [4.78, 5) is 0. The highest BCUT2D eigenvalue weighted by Gasteiger charge is 2.14. The summed E-state index contributed by atoms with van der Waals surface area (Å²) in [6, 6.07) is 5.57. The molecule has 1 aromatic carbocycles. The minimum atomic E-state index is 0.246. The van der Waals surface area contributed by atoms with E-state index in [1.165, 1.54) is 5.56 Å². The van der Waals surface area contributed by atoms with Gasteiger partial charge in [0.05, 0.1) is 17.2 Å². The fourth-order valence-electron chi connectivity index (χ4n) is 1.69. The molecule has 3 nitrogen and oxygen atoms in total. The van der Waals surface area contributed by atoms with Crippen molar-refractivity contribution in [2.75, 3.05) is 19.7 Å². The molecule has 15 heavy (non-hydrogen) atoms. The summed E-state index contributed by atoms with van der Waals surface area (Å²) >= 11 is 3.30. The minimum absolute atomic E-state index is 0.246. The maximum absolute atomic E-state index is 9.36. The first-order valence-corrected chi connectivity index (χ1v) is 5.85. The van der Waals surface area contributed by atoms with E-state index in [0.29, 0.717) is 0 Å². The molecule has 0 aliphatic carbocycles. The second-order valence-electron chi connectivity index (χ2n) is 3.69. The van der Waals surface area contributed by atoms with Crippen LogP contribution in [0.2, 0.25) is 0 Å². The molecular formula is C11H14BrNO2. The Bertz CT molecular complexity index is 337. The Labute approximate surface area is 97.6 Å². The topological polar surface area (TPSA) is 41.5 Å². The van der Waals surface area contributed by atoms with Gasteiger partial charge in [-0.3, -0.25) is 0 Å². The predicted octanol–water partition coefficient (Wildman–Crippen LogP) is 1.69. The zero-order valence-corrected chi connectivity index (χ0v) is 9.96. The lowest BCUT2D eigenvalue weighted by Gasteiger charge is -2.23. The number of morpholine rings is 1. The van der Waals surface area contributed by atoms with E-state index in [1.54, 1.807) is 6.07 Å². The van der Waals surface area contributed by atoms with Crippen LogP contribution in [0.1, 0.15) is 5.56 Å². The van der Waals surface area contributed by atoms with Gasteiger partial charge in [0, 0.05) is 13.1 Å². The van der Waals surface area contributed by atoms with Crippen molar-refractivity contribution in [1.29, 1.82) is 0 Å². The lowest BCUT2D eigenvalue weighted by atomic mass is 10.1. The number of aromatic hydroxyl groups is 1. The highest BCUT2D eigenvalue weighted by atomic mass is 79.9. The number of nitrogens with one attached hydrogen (secondary N) is 1. The summed E-state index contributed by atoms with van der Waals surface area (Å²) < 4.78 is 6.35. The standard InChI is InChI=1S/C11H14BrNO2/c12-10-6-8(1-2-11(10)14)5-9-7-13-3-4-15-9/h1-2,6,9,13-14H,3-5,7H2/t9-/m1/s1. The summed E-state index contributed by atoms with van der Waals surface area (Å²) in [5.41, 5.74) is 1.17. The summed E-state index contributed by atoms with van der Waals surface area (Å²) in [5.74, 6) is 0.279. The van der Waals surface area contributed by atoms with Crippen LogP contribution >= 0.6 is 15.9 Å². The fourth-order valence-corrected chi connectivity index (χ4v) is 2.12. The van der Waals surface area contributed by atoms with E-state index in [2.05, 4.69) is 21.2 Å². The number of rotatable bonds is 2. The average Bonchev–Trinajstić information content (AvgIpc) is 2.25. The van der Waals surface area contributed by atoms with Crippen LogP contribution in [-0.2, 0) is 11.2 Å². The van der Waals surface area contributed by atoms with Crippen LogP contribution in [0.4, 0.5) is 0 Å². The molecule has 2 N–H and O–H groups in total. The van der Waals surface area contributed by atoms with E-state index in [1.807, 2.05) is 12.1 Å². The molecule has 0 radical (unpaired) electrons. The molecule has 0 unspecified atom stereocenters. The van der Waals surface area contributed by atoms with E-state index < -0.39 is 0 Å². The zero-order valence-electron chi connectivity index (χ0n) is 8.37. The molecule has 1 fully saturated rings. The molecule has 2 rings (SSSR count). The van der Waals surface area contributed by atoms with Crippen LogP contribution in [0.3, 0.4) is 0 Å². The van der Waals surface area contributed by atoms with Crippen molar-refractivity contribution >= 4 is 15.9 Å². The molecule has 0 aromatic heterocycles. The van der Waals surface area contributed by atoms with Crippen molar-refractivity contribution in [2.24, 2.45) is 0 Å². The van der Waals surface area contributed by atoms with Crippen molar-refractivity contribution in [2.45, 2.75) is 12.5 Å². The van der Waals surface area contributed by atoms with Crippen LogP contribution in [-0.4, -0.2) is 30.9 Å². The van der Waals surface area contributed by atoms with Gasteiger partial charge in [-0.2, -0.15) is 0 Å². The predicted molar refractivity (Wildman–Crippen MR) is 62.1 cm³/mol. The van der Waals surface area contributed by atoms with E-state index in [-0.39, 0.29) is 11.9 Å². The van der Waals surface area contributed by atoms with Gasteiger partial charge in [0.25, 0.3) is 0 Å². The first-order chi connectivity index (χ1) is 7.25. The molecule has 1 atom stereocenters. The minimum Gasteiger partial charge on any atom is -0.507 e. The van der Waals surface area contributed by atoms with Gasteiger partial charge < -0.3 is 15.2 Å². The smallest absolute Gasteiger partial charge is 0.129 e. The Balaban J connectivity index is 2.00. The zero-order chi connectivity index (χ0) is 10.7. The molecule has 1 aromatic rings. The molecule has 0 saturated carbocycles. The van der Waals surface area contributed by atoms with E-state index in [4.69, 9.17) is 4.74 Å². The van der Waals surface area contributed by atoms with Crippen molar-refractivity contribution in [3.05, 3.63) is 28.2 Å². The number of hydrogen-bond donors (Lipinski definition) is 2. The monoisotopic (exact) mass is 271 g/mol. The van der Waals surface area contributed by atoms with Gasteiger partial charge in [0.1, 0.15) is 5.75 Å². The van der Waals surface area contributed by atoms with Crippen molar-refractivity contribution in [3.8, 4) is 5.75 Å². The second kappa shape index (κ2) is 4.96. The SMILES string of the molecule is Oc1ccc(C[C@@H]2CNCCO2)cc1Br. The van der Waals surface area contributed by atoms with Gasteiger partial charge in [-0.25, -0.2) is 0 Å². The van der Waals surface area contributed by atoms with E-state index in [0.717, 1.165) is 30.6 Å². The van der Waals surface area contributed by atoms with Crippen molar-refractivity contribution in [1.82, 2.24) is 5.32 Å². The summed E-state index contributed by atoms with van der Waals surface area (Å²) in [7, 11) is 0. The Morgan fingerprint density at radius 3 is 3.07 bits per heavy atom. The van der Waals surface area contributed by atoms with Gasteiger partial charge >= 0.3 is 0 Å². The summed E-state index contributed by atoms with van der Waals surface area (Å²) in [5, 5.41) is 12.7. The third-order valence-corrected chi connectivity index (χ3v) is 3.12.